The number of thioether (sulfide) groups is 1. The number of aromatic nitrogens is 3. The third-order valence-corrected chi connectivity index (χ3v) is 6.07. The molecule has 0 aliphatic heterocycles. The molecule has 1 aliphatic rings. The number of hydrogen-bond donors (Lipinski definition) is 0. The number of rotatable bonds is 5. The van der Waals surface area contributed by atoms with E-state index in [4.69, 9.17) is 9.72 Å². The first-order valence-electron chi connectivity index (χ1n) is 9.06. The monoisotopic (exact) mass is 373 g/mol. The van der Waals surface area contributed by atoms with Crippen molar-refractivity contribution in [2.75, 3.05) is 7.11 Å². The lowest BCUT2D eigenvalue weighted by molar-refractivity contribution is 0.415. The van der Waals surface area contributed by atoms with Crippen LogP contribution in [0.1, 0.15) is 12.8 Å². The van der Waals surface area contributed by atoms with E-state index in [1.54, 1.807) is 13.3 Å². The molecule has 0 bridgehead atoms. The molecule has 2 aromatic carbocycles. The zero-order chi connectivity index (χ0) is 18.2. The normalized spacial score (nSPS) is 13.8. The third kappa shape index (κ3) is 3.19. The van der Waals surface area contributed by atoms with E-state index in [9.17, 15) is 0 Å². The Morgan fingerprint density at radius 3 is 2.44 bits per heavy atom. The summed E-state index contributed by atoms with van der Waals surface area (Å²) in [5.41, 5.74) is 4.18. The van der Waals surface area contributed by atoms with Crippen molar-refractivity contribution in [1.29, 1.82) is 0 Å². The van der Waals surface area contributed by atoms with Gasteiger partial charge in [-0.3, -0.25) is 4.40 Å². The van der Waals surface area contributed by atoms with Crippen LogP contribution in [0.25, 0.3) is 28.3 Å². The van der Waals surface area contributed by atoms with Crippen LogP contribution in [0.4, 0.5) is 0 Å². The maximum Gasteiger partial charge on any atom is 0.234 e. The summed E-state index contributed by atoms with van der Waals surface area (Å²) in [4.78, 5) is 10.6. The molecule has 2 heterocycles. The molecular formula is C22H19N3OS. The predicted molar refractivity (Wildman–Crippen MR) is 109 cm³/mol. The predicted octanol–water partition coefficient (Wildman–Crippen LogP) is 5.33. The summed E-state index contributed by atoms with van der Waals surface area (Å²) in [6.07, 6.45) is 6.48. The maximum absolute atomic E-state index is 5.29. The Bertz CT molecular complexity index is 1080. The van der Waals surface area contributed by atoms with E-state index in [1.807, 2.05) is 48.3 Å². The van der Waals surface area contributed by atoms with Crippen LogP contribution < -0.4 is 4.74 Å². The van der Waals surface area contributed by atoms with Crippen LogP contribution in [0.5, 0.6) is 5.75 Å². The highest BCUT2D eigenvalue weighted by atomic mass is 32.2. The first-order chi connectivity index (χ1) is 13.3. The smallest absolute Gasteiger partial charge is 0.234 e. The molecule has 1 aliphatic carbocycles. The van der Waals surface area contributed by atoms with E-state index in [-0.39, 0.29) is 0 Å². The van der Waals surface area contributed by atoms with Crippen LogP contribution in [0.3, 0.4) is 0 Å². The van der Waals surface area contributed by atoms with Gasteiger partial charge in [0.05, 0.1) is 18.5 Å². The SMILES string of the molecule is COc1ccc(-c2nc3ncccn3c2-c2ccc(SC3CC3)cc2)cc1. The molecule has 27 heavy (non-hydrogen) atoms. The van der Waals surface area contributed by atoms with E-state index in [2.05, 4.69) is 33.7 Å². The van der Waals surface area contributed by atoms with Crippen LogP contribution in [0.15, 0.2) is 71.9 Å². The van der Waals surface area contributed by atoms with Gasteiger partial charge in [0, 0.05) is 33.7 Å². The molecule has 0 atom stereocenters. The van der Waals surface area contributed by atoms with Gasteiger partial charge >= 0.3 is 0 Å². The molecule has 5 heteroatoms. The number of imidazole rings is 1. The van der Waals surface area contributed by atoms with E-state index in [1.165, 1.54) is 17.7 Å². The Kier molecular flexibility index (Phi) is 4.09. The molecule has 0 unspecified atom stereocenters. The number of ether oxygens (including phenoxy) is 1. The van der Waals surface area contributed by atoms with Gasteiger partial charge in [0.15, 0.2) is 0 Å². The Labute approximate surface area is 162 Å². The average molecular weight is 373 g/mol. The highest BCUT2D eigenvalue weighted by molar-refractivity contribution is 8.00. The van der Waals surface area contributed by atoms with Gasteiger partial charge in [0.1, 0.15) is 5.75 Å². The number of hydrogen-bond acceptors (Lipinski definition) is 4. The maximum atomic E-state index is 5.29. The highest BCUT2D eigenvalue weighted by Crippen LogP contribution is 2.40. The first kappa shape index (κ1) is 16.4. The van der Waals surface area contributed by atoms with Crippen molar-refractivity contribution in [3.05, 3.63) is 67.0 Å². The van der Waals surface area contributed by atoms with Gasteiger partial charge in [0.25, 0.3) is 0 Å². The van der Waals surface area contributed by atoms with Crippen molar-refractivity contribution < 1.29 is 4.74 Å². The Morgan fingerprint density at radius 1 is 1.00 bits per heavy atom. The molecule has 0 amide bonds. The van der Waals surface area contributed by atoms with E-state index in [0.717, 1.165) is 33.5 Å². The zero-order valence-electron chi connectivity index (χ0n) is 15.0. The second-order valence-electron chi connectivity index (χ2n) is 6.67. The number of fused-ring (bicyclic) bond motifs is 1. The third-order valence-electron chi connectivity index (χ3n) is 4.72. The van der Waals surface area contributed by atoms with E-state index in [0.29, 0.717) is 5.78 Å². The molecule has 1 fully saturated rings. The van der Waals surface area contributed by atoms with Crippen molar-refractivity contribution in [3.63, 3.8) is 0 Å². The average Bonchev–Trinajstić information content (AvgIpc) is 3.45. The summed E-state index contributed by atoms with van der Waals surface area (Å²) in [6.45, 7) is 0. The lowest BCUT2D eigenvalue weighted by atomic mass is 10.0. The highest BCUT2D eigenvalue weighted by Gasteiger charge is 2.22. The fraction of sp³-hybridized carbons (Fsp3) is 0.182. The Balaban J connectivity index is 1.62. The fourth-order valence-electron chi connectivity index (χ4n) is 3.18. The Hall–Kier alpha value is -2.79. The van der Waals surface area contributed by atoms with Crippen LogP contribution in [0, 0.1) is 0 Å². The Morgan fingerprint density at radius 2 is 1.74 bits per heavy atom. The van der Waals surface area contributed by atoms with Crippen molar-refractivity contribution in [2.45, 2.75) is 23.0 Å². The minimum absolute atomic E-state index is 0.703. The molecule has 1 saturated carbocycles. The summed E-state index contributed by atoms with van der Waals surface area (Å²) in [7, 11) is 1.68. The topological polar surface area (TPSA) is 39.4 Å². The molecule has 0 N–H and O–H groups in total. The molecule has 134 valence electrons. The van der Waals surface area contributed by atoms with Gasteiger partial charge in [-0.2, -0.15) is 0 Å². The summed E-state index contributed by atoms with van der Waals surface area (Å²) in [5.74, 6) is 1.54. The largest absolute Gasteiger partial charge is 0.497 e. The van der Waals surface area contributed by atoms with Gasteiger partial charge in [-0.25, -0.2) is 9.97 Å². The summed E-state index contributed by atoms with van der Waals surface area (Å²) in [5, 5.41) is 0.811. The molecule has 4 nitrogen and oxygen atoms in total. The summed E-state index contributed by atoms with van der Waals surface area (Å²) >= 11 is 1.98. The van der Waals surface area contributed by atoms with E-state index >= 15 is 0 Å². The van der Waals surface area contributed by atoms with Crippen molar-refractivity contribution in [1.82, 2.24) is 14.4 Å². The fourth-order valence-corrected chi connectivity index (χ4v) is 4.23. The molecule has 2 aromatic heterocycles. The molecule has 0 radical (unpaired) electrons. The lowest BCUT2D eigenvalue weighted by Gasteiger charge is -2.07. The molecular weight excluding hydrogens is 354 g/mol. The number of benzene rings is 2. The summed E-state index contributed by atoms with van der Waals surface area (Å²) in [6, 6.07) is 18.8. The molecule has 4 aromatic rings. The molecule has 0 saturated heterocycles. The minimum atomic E-state index is 0.703. The van der Waals surface area contributed by atoms with Gasteiger partial charge < -0.3 is 4.74 Å². The molecule has 5 rings (SSSR count). The van der Waals surface area contributed by atoms with Gasteiger partial charge in [-0.05, 0) is 55.3 Å². The van der Waals surface area contributed by atoms with Crippen LogP contribution in [-0.4, -0.2) is 26.7 Å². The zero-order valence-corrected chi connectivity index (χ0v) is 15.8. The second kappa shape index (κ2) is 6.74. The standard InChI is InChI=1S/C22H19N3OS/c1-26-17-7-3-15(4-8-17)20-21(25-14-2-13-23-22(25)24-20)16-5-9-18(10-6-16)27-19-11-12-19/h2-10,13-14,19H,11-12H2,1H3. The quantitative estimate of drug-likeness (QED) is 0.474. The second-order valence-corrected chi connectivity index (χ2v) is 8.04. The molecule has 0 spiro atoms. The minimum Gasteiger partial charge on any atom is -0.497 e. The van der Waals surface area contributed by atoms with Crippen LogP contribution in [-0.2, 0) is 0 Å². The first-order valence-corrected chi connectivity index (χ1v) is 9.94. The summed E-state index contributed by atoms with van der Waals surface area (Å²) < 4.78 is 7.35. The van der Waals surface area contributed by atoms with Gasteiger partial charge in [-0.1, -0.05) is 12.1 Å². The number of methoxy groups -OCH3 is 1. The van der Waals surface area contributed by atoms with Crippen molar-refractivity contribution in [2.24, 2.45) is 0 Å². The van der Waals surface area contributed by atoms with Crippen molar-refractivity contribution >= 4 is 17.5 Å². The van der Waals surface area contributed by atoms with Crippen molar-refractivity contribution in [3.8, 4) is 28.3 Å². The van der Waals surface area contributed by atoms with Crippen LogP contribution in [0.2, 0.25) is 0 Å². The van der Waals surface area contributed by atoms with Gasteiger partial charge in [0.2, 0.25) is 5.78 Å². The lowest BCUT2D eigenvalue weighted by Crippen LogP contribution is -1.91. The van der Waals surface area contributed by atoms with Gasteiger partial charge in [-0.15, -0.1) is 11.8 Å². The van der Waals surface area contributed by atoms with E-state index < -0.39 is 0 Å². The number of nitrogens with zero attached hydrogens (tertiary/aromatic N) is 3. The van der Waals surface area contributed by atoms with Crippen LogP contribution >= 0.6 is 11.8 Å².